The molecule has 4 aromatic rings. The predicted molar refractivity (Wildman–Crippen MR) is 161 cm³/mol. The fraction of sp³-hybridized carbons (Fsp3) is 0.161. The highest BCUT2D eigenvalue weighted by molar-refractivity contribution is 9.10. The summed E-state index contributed by atoms with van der Waals surface area (Å²) < 4.78 is 14.0. The van der Waals surface area contributed by atoms with E-state index in [4.69, 9.17) is 21.1 Å². The quantitative estimate of drug-likeness (QED) is 0.241. The van der Waals surface area contributed by atoms with Crippen LogP contribution in [0.4, 0.5) is 0 Å². The molecule has 0 saturated heterocycles. The van der Waals surface area contributed by atoms with Gasteiger partial charge in [0.15, 0.2) is 4.80 Å². The molecule has 0 saturated carbocycles. The van der Waals surface area contributed by atoms with E-state index in [2.05, 4.69) is 27.0 Å². The summed E-state index contributed by atoms with van der Waals surface area (Å²) in [5.41, 5.74) is 3.40. The fourth-order valence-electron chi connectivity index (χ4n) is 4.54. The highest BCUT2D eigenvalue weighted by atomic mass is 79.9. The van der Waals surface area contributed by atoms with Gasteiger partial charge in [-0.15, -0.1) is 0 Å². The number of aromatic nitrogens is 1. The number of nitrogens with zero attached hydrogens (tertiary/aromatic N) is 3. The topological polar surface area (TPSA) is 93.7 Å². The van der Waals surface area contributed by atoms with Gasteiger partial charge < -0.3 is 9.47 Å². The fourth-order valence-corrected chi connectivity index (χ4v) is 6.22. The molecule has 3 aromatic carbocycles. The number of esters is 1. The normalized spacial score (nSPS) is 14.7. The molecule has 10 heteroatoms. The van der Waals surface area contributed by atoms with Crippen molar-refractivity contribution in [1.82, 2.24) is 4.57 Å². The van der Waals surface area contributed by atoms with Gasteiger partial charge in [0.25, 0.3) is 5.56 Å². The maximum absolute atomic E-state index is 13.8. The third-order valence-electron chi connectivity index (χ3n) is 6.48. The Bertz CT molecular complexity index is 1910. The number of carbonyl (C=O) groups is 1. The lowest BCUT2D eigenvalue weighted by molar-refractivity contribution is -0.139. The van der Waals surface area contributed by atoms with Crippen LogP contribution in [0.15, 0.2) is 92.3 Å². The molecule has 0 fully saturated rings. The standard InChI is InChI=1S/C31H23BrClN3O4S/c1-3-39-30(38)27-18(2)35-31-36(28(27)20-9-11-23(33)12-10-20)29(37)26(41-31)15-19-8-13-25(24(32)14-19)40-17-22-7-5-4-6-21(22)16-34/h4-15,28H,3,17H2,1-2H3/b26-15+/t28-/m1/s1. The minimum absolute atomic E-state index is 0.201. The van der Waals surface area contributed by atoms with Crippen LogP contribution < -0.4 is 19.6 Å². The first-order chi connectivity index (χ1) is 19.8. The third-order valence-corrected chi connectivity index (χ3v) is 8.33. The minimum atomic E-state index is -0.705. The maximum atomic E-state index is 13.8. The van der Waals surface area contributed by atoms with Crippen molar-refractivity contribution in [3.05, 3.63) is 129 Å². The highest BCUT2D eigenvalue weighted by Gasteiger charge is 2.33. The van der Waals surface area contributed by atoms with E-state index in [1.807, 2.05) is 36.4 Å². The molecule has 0 radical (unpaired) electrons. The van der Waals surface area contributed by atoms with Crippen LogP contribution in [0, 0.1) is 11.3 Å². The molecule has 0 spiro atoms. The van der Waals surface area contributed by atoms with E-state index < -0.39 is 12.0 Å². The average Bonchev–Trinajstić information content (AvgIpc) is 3.26. The van der Waals surface area contributed by atoms with Crippen molar-refractivity contribution < 1.29 is 14.3 Å². The Morgan fingerprint density at radius 2 is 1.95 bits per heavy atom. The Morgan fingerprint density at radius 1 is 1.20 bits per heavy atom. The number of halogens is 2. The summed E-state index contributed by atoms with van der Waals surface area (Å²) in [7, 11) is 0. The lowest BCUT2D eigenvalue weighted by atomic mass is 9.96. The van der Waals surface area contributed by atoms with E-state index in [0.29, 0.717) is 41.4 Å². The first-order valence-electron chi connectivity index (χ1n) is 12.7. The van der Waals surface area contributed by atoms with Crippen LogP contribution in [0.3, 0.4) is 0 Å². The summed E-state index contributed by atoms with van der Waals surface area (Å²) in [4.78, 5) is 31.9. The Kier molecular flexibility index (Phi) is 8.54. The number of allylic oxidation sites excluding steroid dienone is 1. The van der Waals surface area contributed by atoms with Crippen molar-refractivity contribution >= 4 is 50.9 Å². The molecule has 2 heterocycles. The second kappa shape index (κ2) is 12.3. The summed E-state index contributed by atoms with van der Waals surface area (Å²) >= 11 is 10.9. The molecule has 1 atom stereocenters. The number of hydrogen-bond acceptors (Lipinski definition) is 7. The van der Waals surface area contributed by atoms with Crippen LogP contribution in [0.1, 0.15) is 42.1 Å². The molecule has 7 nitrogen and oxygen atoms in total. The number of rotatable bonds is 7. The lowest BCUT2D eigenvalue weighted by Crippen LogP contribution is -2.39. The highest BCUT2D eigenvalue weighted by Crippen LogP contribution is 2.31. The van der Waals surface area contributed by atoms with E-state index >= 15 is 0 Å². The first kappa shape index (κ1) is 28.6. The predicted octanol–water partition coefficient (Wildman–Crippen LogP) is 5.66. The Hall–Kier alpha value is -3.97. The molecule has 5 rings (SSSR count). The van der Waals surface area contributed by atoms with Crippen molar-refractivity contribution in [2.45, 2.75) is 26.5 Å². The van der Waals surface area contributed by atoms with Gasteiger partial charge in [0.1, 0.15) is 12.4 Å². The zero-order valence-electron chi connectivity index (χ0n) is 22.1. The number of ether oxygens (including phenoxy) is 2. The van der Waals surface area contributed by atoms with Crippen LogP contribution in [0.5, 0.6) is 5.75 Å². The Balaban J connectivity index is 1.52. The number of nitriles is 1. The lowest BCUT2D eigenvalue weighted by Gasteiger charge is -2.24. The van der Waals surface area contributed by atoms with Gasteiger partial charge >= 0.3 is 5.97 Å². The van der Waals surface area contributed by atoms with Crippen LogP contribution in [0.25, 0.3) is 6.08 Å². The largest absolute Gasteiger partial charge is 0.488 e. The molecule has 1 aliphatic rings. The number of hydrogen-bond donors (Lipinski definition) is 0. The monoisotopic (exact) mass is 647 g/mol. The van der Waals surface area contributed by atoms with Gasteiger partial charge in [0.05, 0.1) is 44.6 Å². The van der Waals surface area contributed by atoms with Crippen molar-refractivity contribution in [3.8, 4) is 11.8 Å². The summed E-state index contributed by atoms with van der Waals surface area (Å²) in [6.07, 6.45) is 1.78. The van der Waals surface area contributed by atoms with Crippen molar-refractivity contribution in [3.63, 3.8) is 0 Å². The van der Waals surface area contributed by atoms with Crippen LogP contribution >= 0.6 is 38.9 Å². The molecular formula is C31H23BrClN3O4S. The Labute approximate surface area is 253 Å². The number of benzene rings is 3. The van der Waals surface area contributed by atoms with Crippen LogP contribution in [0.2, 0.25) is 5.02 Å². The van der Waals surface area contributed by atoms with Crippen molar-refractivity contribution in [1.29, 1.82) is 5.26 Å². The molecule has 41 heavy (non-hydrogen) atoms. The van der Waals surface area contributed by atoms with Gasteiger partial charge in [0, 0.05) is 10.6 Å². The smallest absolute Gasteiger partial charge is 0.338 e. The zero-order chi connectivity index (χ0) is 29.1. The Morgan fingerprint density at radius 3 is 2.66 bits per heavy atom. The summed E-state index contributed by atoms with van der Waals surface area (Å²) in [5.74, 6) is 0.0914. The average molecular weight is 649 g/mol. The molecule has 1 aliphatic heterocycles. The zero-order valence-corrected chi connectivity index (χ0v) is 25.2. The third kappa shape index (κ3) is 5.91. The second-order valence-electron chi connectivity index (χ2n) is 9.10. The van der Waals surface area contributed by atoms with Crippen LogP contribution in [-0.4, -0.2) is 17.1 Å². The molecule has 0 unspecified atom stereocenters. The van der Waals surface area contributed by atoms with Gasteiger partial charge in [-0.05, 0) is 77.3 Å². The van der Waals surface area contributed by atoms with E-state index in [1.165, 1.54) is 15.9 Å². The van der Waals surface area contributed by atoms with Gasteiger partial charge in [-0.25, -0.2) is 9.79 Å². The summed E-state index contributed by atoms with van der Waals surface area (Å²) in [6, 6.07) is 21.3. The molecule has 206 valence electrons. The molecule has 0 aliphatic carbocycles. The minimum Gasteiger partial charge on any atom is -0.488 e. The maximum Gasteiger partial charge on any atom is 0.338 e. The molecular weight excluding hydrogens is 626 g/mol. The second-order valence-corrected chi connectivity index (χ2v) is 11.4. The number of fused-ring (bicyclic) bond motifs is 1. The van der Waals surface area contributed by atoms with Crippen molar-refractivity contribution in [2.75, 3.05) is 6.61 Å². The molecule has 0 N–H and O–H groups in total. The summed E-state index contributed by atoms with van der Waals surface area (Å²) in [5, 5.41) is 9.87. The number of thiazole rings is 1. The van der Waals surface area contributed by atoms with Gasteiger partial charge in [-0.3, -0.25) is 9.36 Å². The first-order valence-corrected chi connectivity index (χ1v) is 14.6. The van der Waals surface area contributed by atoms with E-state index in [-0.39, 0.29) is 18.8 Å². The molecule has 1 aromatic heterocycles. The number of carbonyl (C=O) groups excluding carboxylic acids is 1. The van der Waals surface area contributed by atoms with Crippen LogP contribution in [-0.2, 0) is 16.1 Å². The summed E-state index contributed by atoms with van der Waals surface area (Å²) in [6.45, 7) is 3.93. The van der Waals surface area contributed by atoms with Gasteiger partial charge in [-0.2, -0.15) is 5.26 Å². The molecule has 0 bridgehead atoms. The van der Waals surface area contributed by atoms with Crippen molar-refractivity contribution in [2.24, 2.45) is 4.99 Å². The van der Waals surface area contributed by atoms with E-state index in [9.17, 15) is 14.9 Å². The van der Waals surface area contributed by atoms with Gasteiger partial charge in [-0.1, -0.05) is 59.3 Å². The SMILES string of the molecule is CCOC(=O)C1=C(C)N=c2s/c(=C/c3ccc(OCc4ccccc4C#N)c(Br)c3)c(=O)n2[C@@H]1c1ccc(Cl)cc1. The van der Waals surface area contributed by atoms with Gasteiger partial charge in [0.2, 0.25) is 0 Å². The van der Waals surface area contributed by atoms with E-state index in [1.54, 1.807) is 50.3 Å². The van der Waals surface area contributed by atoms with E-state index in [0.717, 1.165) is 16.7 Å². The molecule has 0 amide bonds.